The van der Waals surface area contributed by atoms with Crippen molar-refractivity contribution >= 4 is 17.6 Å². The second-order valence-corrected chi connectivity index (χ2v) is 4.70. The Bertz CT molecular complexity index is 602. The molecule has 1 saturated carbocycles. The van der Waals surface area contributed by atoms with Gasteiger partial charge in [0.2, 0.25) is 5.22 Å². The first-order chi connectivity index (χ1) is 8.62. The Hall–Kier alpha value is -1.89. The van der Waals surface area contributed by atoms with Gasteiger partial charge in [-0.1, -0.05) is 0 Å². The fraction of sp³-hybridized carbons (Fsp3) is 0.400. The van der Waals surface area contributed by atoms with Gasteiger partial charge < -0.3 is 9.52 Å². The molecule has 8 heteroatoms. The fourth-order valence-corrected chi connectivity index (χ4v) is 2.03. The van der Waals surface area contributed by atoms with Gasteiger partial charge in [0.25, 0.3) is 0 Å². The zero-order valence-corrected chi connectivity index (χ0v) is 9.96. The van der Waals surface area contributed by atoms with E-state index in [1.165, 1.54) is 10.9 Å². The molecule has 0 spiro atoms. The molecule has 0 amide bonds. The Morgan fingerprint density at radius 2 is 2.39 bits per heavy atom. The zero-order valence-electron chi connectivity index (χ0n) is 9.21. The lowest BCUT2D eigenvalue weighted by molar-refractivity contribution is -0.144. The second kappa shape index (κ2) is 3.81. The van der Waals surface area contributed by atoms with Crippen molar-refractivity contribution in [1.29, 1.82) is 0 Å². The highest BCUT2D eigenvalue weighted by Crippen LogP contribution is 2.47. The molecule has 1 aliphatic carbocycles. The van der Waals surface area contributed by atoms with E-state index in [-0.39, 0.29) is 11.8 Å². The fourth-order valence-electron chi connectivity index (χ4n) is 1.83. The van der Waals surface area contributed by atoms with Gasteiger partial charge in [-0.05, 0) is 40.9 Å². The molecule has 0 atom stereocenters. The highest BCUT2D eigenvalue weighted by molar-refractivity contribution is 6.31. The monoisotopic (exact) mass is 268 g/mol. The van der Waals surface area contributed by atoms with Crippen LogP contribution in [0.2, 0.25) is 5.22 Å². The van der Waals surface area contributed by atoms with Crippen molar-refractivity contribution in [2.75, 3.05) is 0 Å². The van der Waals surface area contributed by atoms with Crippen LogP contribution in [0.4, 0.5) is 0 Å². The van der Waals surface area contributed by atoms with Gasteiger partial charge in [0.15, 0.2) is 5.82 Å². The Morgan fingerprint density at radius 3 is 2.94 bits per heavy atom. The standard InChI is InChI=1S/C10H9ClN4O3/c11-7-6(1-4-18-7)8-12-13-14-15(8)5-10(2-3-10)9(16)17/h1,4H,2-3,5H2,(H,16,17). The van der Waals surface area contributed by atoms with Crippen LogP contribution in [0, 0.1) is 5.41 Å². The molecular weight excluding hydrogens is 260 g/mol. The molecule has 1 aliphatic rings. The lowest BCUT2D eigenvalue weighted by Crippen LogP contribution is -2.22. The summed E-state index contributed by atoms with van der Waals surface area (Å²) >= 11 is 5.86. The Morgan fingerprint density at radius 1 is 1.61 bits per heavy atom. The highest BCUT2D eigenvalue weighted by atomic mass is 35.5. The quantitative estimate of drug-likeness (QED) is 0.902. The molecule has 0 unspecified atom stereocenters. The average Bonchev–Trinajstić information content (AvgIpc) is 2.77. The molecule has 1 N–H and O–H groups in total. The minimum Gasteiger partial charge on any atom is -0.481 e. The van der Waals surface area contributed by atoms with Gasteiger partial charge in [-0.3, -0.25) is 4.79 Å². The molecule has 2 aromatic rings. The summed E-state index contributed by atoms with van der Waals surface area (Å²) in [5, 5.41) is 20.6. The normalized spacial score (nSPS) is 16.7. The van der Waals surface area contributed by atoms with E-state index < -0.39 is 11.4 Å². The lowest BCUT2D eigenvalue weighted by atomic mass is 10.1. The molecule has 7 nitrogen and oxygen atoms in total. The summed E-state index contributed by atoms with van der Waals surface area (Å²) in [5.41, 5.74) is -0.178. The summed E-state index contributed by atoms with van der Waals surface area (Å²) in [5.74, 6) is -0.400. The van der Waals surface area contributed by atoms with Crippen LogP contribution < -0.4 is 0 Å². The van der Waals surface area contributed by atoms with Crippen molar-refractivity contribution in [3.05, 3.63) is 17.5 Å². The van der Waals surface area contributed by atoms with Crippen LogP contribution in [0.5, 0.6) is 0 Å². The molecule has 0 aliphatic heterocycles. The third-order valence-electron chi connectivity index (χ3n) is 3.15. The molecule has 0 radical (unpaired) electrons. The molecule has 0 aromatic carbocycles. The maximum Gasteiger partial charge on any atom is 0.311 e. The van der Waals surface area contributed by atoms with Crippen LogP contribution in [0.15, 0.2) is 16.7 Å². The maximum atomic E-state index is 11.1. The van der Waals surface area contributed by atoms with Crippen LogP contribution in [-0.2, 0) is 11.3 Å². The SMILES string of the molecule is O=C(O)C1(Cn2nnnc2-c2ccoc2Cl)CC1. The van der Waals surface area contributed by atoms with E-state index >= 15 is 0 Å². The number of furan rings is 1. The summed E-state index contributed by atoms with van der Waals surface area (Å²) < 4.78 is 6.43. The first kappa shape index (κ1) is 11.2. The van der Waals surface area contributed by atoms with Gasteiger partial charge in [-0.15, -0.1) is 5.10 Å². The first-order valence-corrected chi connectivity index (χ1v) is 5.73. The third kappa shape index (κ3) is 1.67. The number of tetrazole rings is 1. The van der Waals surface area contributed by atoms with Crippen molar-refractivity contribution in [2.45, 2.75) is 19.4 Å². The summed E-state index contributed by atoms with van der Waals surface area (Å²) in [6.07, 6.45) is 2.71. The third-order valence-corrected chi connectivity index (χ3v) is 3.44. The number of halogens is 1. The van der Waals surface area contributed by atoms with E-state index in [1.807, 2.05) is 0 Å². The van der Waals surface area contributed by atoms with E-state index in [4.69, 9.17) is 21.1 Å². The largest absolute Gasteiger partial charge is 0.481 e. The van der Waals surface area contributed by atoms with Crippen molar-refractivity contribution in [1.82, 2.24) is 20.2 Å². The molecule has 0 saturated heterocycles. The number of rotatable bonds is 4. The van der Waals surface area contributed by atoms with Crippen molar-refractivity contribution in [3.63, 3.8) is 0 Å². The van der Waals surface area contributed by atoms with E-state index in [2.05, 4.69) is 15.5 Å². The van der Waals surface area contributed by atoms with Gasteiger partial charge in [0.1, 0.15) is 0 Å². The minimum absolute atomic E-state index is 0.186. The molecule has 2 heterocycles. The molecular formula is C10H9ClN4O3. The summed E-state index contributed by atoms with van der Waals surface area (Å²) in [7, 11) is 0. The van der Waals surface area contributed by atoms with Gasteiger partial charge >= 0.3 is 5.97 Å². The Labute approximate surface area is 106 Å². The van der Waals surface area contributed by atoms with Crippen LogP contribution in [-0.4, -0.2) is 31.3 Å². The summed E-state index contributed by atoms with van der Waals surface area (Å²) in [4.78, 5) is 11.1. The van der Waals surface area contributed by atoms with Crippen LogP contribution >= 0.6 is 11.6 Å². The van der Waals surface area contributed by atoms with Gasteiger partial charge in [-0.2, -0.15) is 0 Å². The smallest absolute Gasteiger partial charge is 0.311 e. The molecule has 94 valence electrons. The lowest BCUT2D eigenvalue weighted by Gasteiger charge is -2.09. The molecule has 18 heavy (non-hydrogen) atoms. The van der Waals surface area contributed by atoms with Crippen LogP contribution in [0.25, 0.3) is 11.4 Å². The van der Waals surface area contributed by atoms with Crippen LogP contribution in [0.3, 0.4) is 0 Å². The van der Waals surface area contributed by atoms with E-state index in [9.17, 15) is 4.79 Å². The summed E-state index contributed by atoms with van der Waals surface area (Å²) in [6.45, 7) is 0.242. The maximum absolute atomic E-state index is 11.1. The Balaban J connectivity index is 1.94. The number of carboxylic acids is 1. The molecule has 1 fully saturated rings. The van der Waals surface area contributed by atoms with Crippen molar-refractivity contribution in [2.24, 2.45) is 5.41 Å². The zero-order chi connectivity index (χ0) is 12.8. The predicted molar refractivity (Wildman–Crippen MR) is 59.8 cm³/mol. The number of hydrogen-bond donors (Lipinski definition) is 1. The van der Waals surface area contributed by atoms with E-state index in [0.717, 1.165) is 0 Å². The number of nitrogens with zero attached hydrogens (tertiary/aromatic N) is 4. The number of hydrogen-bond acceptors (Lipinski definition) is 5. The number of carboxylic acid groups (broad SMARTS) is 1. The van der Waals surface area contributed by atoms with E-state index in [0.29, 0.717) is 24.2 Å². The average molecular weight is 269 g/mol. The molecule has 0 bridgehead atoms. The highest BCUT2D eigenvalue weighted by Gasteiger charge is 2.51. The van der Waals surface area contributed by atoms with Crippen molar-refractivity contribution < 1.29 is 14.3 Å². The van der Waals surface area contributed by atoms with Crippen LogP contribution in [0.1, 0.15) is 12.8 Å². The van der Waals surface area contributed by atoms with Gasteiger partial charge in [0, 0.05) is 0 Å². The second-order valence-electron chi connectivity index (χ2n) is 4.35. The topological polar surface area (TPSA) is 94.0 Å². The summed E-state index contributed by atoms with van der Waals surface area (Å²) in [6, 6.07) is 1.64. The molecule has 2 aromatic heterocycles. The number of aliphatic carboxylic acids is 1. The van der Waals surface area contributed by atoms with E-state index in [1.54, 1.807) is 6.07 Å². The van der Waals surface area contributed by atoms with Gasteiger partial charge in [-0.25, -0.2) is 4.68 Å². The predicted octanol–water partition coefficient (Wildman–Crippen LogP) is 1.45. The van der Waals surface area contributed by atoms with Gasteiger partial charge in [0.05, 0.1) is 23.8 Å². The first-order valence-electron chi connectivity index (χ1n) is 5.35. The number of carbonyl (C=O) groups is 1. The minimum atomic E-state index is -0.817. The molecule has 3 rings (SSSR count). The number of aromatic nitrogens is 4. The Kier molecular flexibility index (Phi) is 2.37. The van der Waals surface area contributed by atoms with Crippen molar-refractivity contribution in [3.8, 4) is 11.4 Å².